The summed E-state index contributed by atoms with van der Waals surface area (Å²) in [5.74, 6) is 1.66. The average Bonchev–Trinajstić information content (AvgIpc) is 3.02. The van der Waals surface area contributed by atoms with Gasteiger partial charge in [-0.25, -0.2) is 12.7 Å². The maximum atomic E-state index is 11.8. The summed E-state index contributed by atoms with van der Waals surface area (Å²) in [4.78, 5) is 0. The first-order valence-electron chi connectivity index (χ1n) is 9.11. The molecule has 1 aliphatic rings. The van der Waals surface area contributed by atoms with Gasteiger partial charge in [0.15, 0.2) is 11.5 Å². The highest BCUT2D eigenvalue weighted by molar-refractivity contribution is 7.89. The SMILES string of the molecule is COc1ccc(CNCCN2CCCS2(=O)=O)cc1OCc1ccccc1. The molecular formula is C20H26N2O4S. The Balaban J connectivity index is 1.53. The molecule has 2 aromatic rings. The van der Waals surface area contributed by atoms with Crippen molar-refractivity contribution in [3.05, 3.63) is 59.7 Å². The van der Waals surface area contributed by atoms with Gasteiger partial charge in [-0.1, -0.05) is 36.4 Å². The number of hydrogen-bond donors (Lipinski definition) is 1. The number of hydrogen-bond acceptors (Lipinski definition) is 5. The van der Waals surface area contributed by atoms with E-state index in [0.717, 1.165) is 17.5 Å². The van der Waals surface area contributed by atoms with Gasteiger partial charge in [0.05, 0.1) is 12.9 Å². The van der Waals surface area contributed by atoms with Gasteiger partial charge >= 0.3 is 0 Å². The Morgan fingerprint density at radius 1 is 1.07 bits per heavy atom. The lowest BCUT2D eigenvalue weighted by Crippen LogP contribution is -2.33. The van der Waals surface area contributed by atoms with Crippen molar-refractivity contribution in [2.24, 2.45) is 0 Å². The number of methoxy groups -OCH3 is 1. The zero-order chi connectivity index (χ0) is 19.1. The molecule has 0 spiro atoms. The summed E-state index contributed by atoms with van der Waals surface area (Å²) >= 11 is 0. The molecule has 3 rings (SSSR count). The minimum Gasteiger partial charge on any atom is -0.493 e. The van der Waals surface area contributed by atoms with E-state index >= 15 is 0 Å². The van der Waals surface area contributed by atoms with E-state index in [1.165, 1.54) is 0 Å². The van der Waals surface area contributed by atoms with E-state index in [2.05, 4.69) is 5.32 Å². The third kappa shape index (κ3) is 5.45. The second-order valence-electron chi connectivity index (χ2n) is 6.50. The third-order valence-electron chi connectivity index (χ3n) is 4.54. The molecule has 1 saturated heterocycles. The summed E-state index contributed by atoms with van der Waals surface area (Å²) in [5, 5.41) is 3.30. The Hall–Kier alpha value is -2.09. The van der Waals surface area contributed by atoms with Gasteiger partial charge in [-0.2, -0.15) is 0 Å². The first-order chi connectivity index (χ1) is 13.1. The lowest BCUT2D eigenvalue weighted by Gasteiger charge is -2.15. The fourth-order valence-corrected chi connectivity index (χ4v) is 4.59. The molecule has 27 heavy (non-hydrogen) atoms. The van der Waals surface area contributed by atoms with E-state index in [4.69, 9.17) is 9.47 Å². The van der Waals surface area contributed by atoms with Crippen molar-refractivity contribution < 1.29 is 17.9 Å². The van der Waals surface area contributed by atoms with Crippen molar-refractivity contribution in [2.45, 2.75) is 19.6 Å². The number of nitrogens with one attached hydrogen (secondary N) is 1. The van der Waals surface area contributed by atoms with Crippen molar-refractivity contribution in [3.63, 3.8) is 0 Å². The molecule has 0 unspecified atom stereocenters. The van der Waals surface area contributed by atoms with Crippen LogP contribution in [0.3, 0.4) is 0 Å². The van der Waals surface area contributed by atoms with Crippen molar-refractivity contribution >= 4 is 10.0 Å². The summed E-state index contributed by atoms with van der Waals surface area (Å²) in [6, 6.07) is 15.8. The summed E-state index contributed by atoms with van der Waals surface area (Å²) in [7, 11) is -1.40. The maximum Gasteiger partial charge on any atom is 0.214 e. The third-order valence-corrected chi connectivity index (χ3v) is 6.49. The number of rotatable bonds is 9. The minimum atomic E-state index is -3.02. The summed E-state index contributed by atoms with van der Waals surface area (Å²) in [5.41, 5.74) is 2.15. The van der Waals surface area contributed by atoms with Crippen LogP contribution in [-0.4, -0.2) is 45.2 Å². The summed E-state index contributed by atoms with van der Waals surface area (Å²) in [6.45, 7) is 2.87. The molecule has 0 saturated carbocycles. The molecule has 1 heterocycles. The van der Waals surface area contributed by atoms with Crippen LogP contribution in [0.25, 0.3) is 0 Å². The van der Waals surface area contributed by atoms with Gasteiger partial charge in [-0.05, 0) is 29.7 Å². The van der Waals surface area contributed by atoms with Crippen LogP contribution in [0.1, 0.15) is 17.5 Å². The van der Waals surface area contributed by atoms with Gasteiger partial charge in [0.25, 0.3) is 0 Å². The average molecular weight is 391 g/mol. The highest BCUT2D eigenvalue weighted by Crippen LogP contribution is 2.28. The fourth-order valence-electron chi connectivity index (χ4n) is 3.06. The molecule has 1 N–H and O–H groups in total. The predicted octanol–water partition coefficient (Wildman–Crippen LogP) is 2.40. The van der Waals surface area contributed by atoms with Gasteiger partial charge < -0.3 is 14.8 Å². The quantitative estimate of drug-likeness (QED) is 0.666. The molecule has 0 atom stereocenters. The van der Waals surface area contributed by atoms with E-state index in [1.807, 2.05) is 48.5 Å². The van der Waals surface area contributed by atoms with Crippen LogP contribution in [0.5, 0.6) is 11.5 Å². The molecule has 7 heteroatoms. The lowest BCUT2D eigenvalue weighted by molar-refractivity contribution is 0.284. The Morgan fingerprint density at radius 3 is 2.59 bits per heavy atom. The summed E-state index contributed by atoms with van der Waals surface area (Å²) in [6.07, 6.45) is 0.725. The summed E-state index contributed by atoms with van der Waals surface area (Å²) < 4.78 is 36.5. The lowest BCUT2D eigenvalue weighted by atomic mass is 10.2. The topological polar surface area (TPSA) is 67.9 Å². The van der Waals surface area contributed by atoms with Gasteiger partial charge in [-0.15, -0.1) is 0 Å². The molecule has 1 fully saturated rings. The molecule has 0 aromatic heterocycles. The zero-order valence-electron chi connectivity index (χ0n) is 15.6. The van der Waals surface area contributed by atoms with E-state index in [0.29, 0.717) is 44.3 Å². The van der Waals surface area contributed by atoms with Crippen LogP contribution >= 0.6 is 0 Å². The zero-order valence-corrected chi connectivity index (χ0v) is 16.4. The molecule has 0 bridgehead atoms. The van der Waals surface area contributed by atoms with Crippen LogP contribution in [0.4, 0.5) is 0 Å². The van der Waals surface area contributed by atoms with E-state index in [9.17, 15) is 8.42 Å². The largest absolute Gasteiger partial charge is 0.493 e. The van der Waals surface area contributed by atoms with Crippen LogP contribution in [-0.2, 0) is 23.2 Å². The molecule has 0 aliphatic carbocycles. The Bertz CT molecular complexity index is 840. The maximum absolute atomic E-state index is 11.8. The number of nitrogens with zero attached hydrogens (tertiary/aromatic N) is 1. The van der Waals surface area contributed by atoms with Crippen molar-refractivity contribution in [1.29, 1.82) is 0 Å². The van der Waals surface area contributed by atoms with Crippen LogP contribution in [0.15, 0.2) is 48.5 Å². The molecular weight excluding hydrogens is 364 g/mol. The normalized spacial score (nSPS) is 16.3. The molecule has 146 valence electrons. The van der Waals surface area contributed by atoms with Gasteiger partial charge in [0.2, 0.25) is 10.0 Å². The van der Waals surface area contributed by atoms with Gasteiger partial charge in [-0.3, -0.25) is 0 Å². The second-order valence-corrected chi connectivity index (χ2v) is 8.59. The predicted molar refractivity (Wildman–Crippen MR) is 105 cm³/mol. The Morgan fingerprint density at radius 2 is 1.89 bits per heavy atom. The Labute approximate surface area is 161 Å². The van der Waals surface area contributed by atoms with Crippen molar-refractivity contribution in [1.82, 2.24) is 9.62 Å². The monoisotopic (exact) mass is 390 g/mol. The standard InChI is InChI=1S/C20H26N2O4S/c1-25-19-9-8-18(14-20(19)26-16-17-6-3-2-4-7-17)15-21-10-12-22-11-5-13-27(22,23)24/h2-4,6-9,14,21H,5,10-13,15-16H2,1H3. The number of benzene rings is 2. The highest BCUT2D eigenvalue weighted by atomic mass is 32.2. The van der Waals surface area contributed by atoms with E-state index < -0.39 is 10.0 Å². The first kappa shape index (κ1) is 19.7. The minimum absolute atomic E-state index is 0.271. The van der Waals surface area contributed by atoms with Gasteiger partial charge in [0, 0.05) is 26.2 Å². The van der Waals surface area contributed by atoms with Crippen LogP contribution in [0, 0.1) is 0 Å². The van der Waals surface area contributed by atoms with Crippen molar-refractivity contribution in [2.75, 3.05) is 32.5 Å². The number of sulfonamides is 1. The fraction of sp³-hybridized carbons (Fsp3) is 0.400. The molecule has 0 amide bonds. The van der Waals surface area contributed by atoms with Crippen LogP contribution < -0.4 is 14.8 Å². The molecule has 1 aliphatic heterocycles. The van der Waals surface area contributed by atoms with E-state index in [1.54, 1.807) is 11.4 Å². The van der Waals surface area contributed by atoms with Crippen LogP contribution in [0.2, 0.25) is 0 Å². The van der Waals surface area contributed by atoms with Crippen molar-refractivity contribution in [3.8, 4) is 11.5 Å². The van der Waals surface area contributed by atoms with E-state index in [-0.39, 0.29) is 5.75 Å². The molecule has 2 aromatic carbocycles. The molecule has 0 radical (unpaired) electrons. The van der Waals surface area contributed by atoms with Gasteiger partial charge in [0.1, 0.15) is 6.61 Å². The number of ether oxygens (including phenoxy) is 2. The Kier molecular flexibility index (Phi) is 6.71. The smallest absolute Gasteiger partial charge is 0.214 e. The molecule has 6 nitrogen and oxygen atoms in total. The second kappa shape index (κ2) is 9.21. The highest BCUT2D eigenvalue weighted by Gasteiger charge is 2.27. The first-order valence-corrected chi connectivity index (χ1v) is 10.7.